The highest BCUT2D eigenvalue weighted by molar-refractivity contribution is 9.10. The lowest BCUT2D eigenvalue weighted by molar-refractivity contribution is 0.0693. The first-order chi connectivity index (χ1) is 8.97. The van der Waals surface area contributed by atoms with Crippen LogP contribution in [0.25, 0.3) is 0 Å². The van der Waals surface area contributed by atoms with Crippen LogP contribution in [-0.2, 0) is 0 Å². The van der Waals surface area contributed by atoms with Crippen molar-refractivity contribution >= 4 is 27.6 Å². The fourth-order valence-electron chi connectivity index (χ4n) is 1.50. The van der Waals surface area contributed by atoms with E-state index in [0.29, 0.717) is 5.75 Å². The van der Waals surface area contributed by atoms with E-state index in [4.69, 9.17) is 15.6 Å². The molecule has 1 aromatic carbocycles. The summed E-state index contributed by atoms with van der Waals surface area (Å²) in [5.41, 5.74) is 6.70. The van der Waals surface area contributed by atoms with E-state index < -0.39 is 5.97 Å². The minimum Gasteiger partial charge on any atom is -0.477 e. The second kappa shape index (κ2) is 5.27. The Labute approximate surface area is 118 Å². The minimum atomic E-state index is -1.14. The SMILES string of the molecule is Cc1cc(Oc2ncc(N)cc2C(=O)O)ccc1Br. The quantitative estimate of drug-likeness (QED) is 0.906. The van der Waals surface area contributed by atoms with Gasteiger partial charge in [-0.1, -0.05) is 15.9 Å². The van der Waals surface area contributed by atoms with Gasteiger partial charge in [0.1, 0.15) is 11.3 Å². The Morgan fingerprint density at radius 2 is 2.16 bits per heavy atom. The van der Waals surface area contributed by atoms with Crippen molar-refractivity contribution < 1.29 is 14.6 Å². The second-order valence-electron chi connectivity index (χ2n) is 3.94. The Morgan fingerprint density at radius 1 is 1.42 bits per heavy atom. The highest BCUT2D eigenvalue weighted by atomic mass is 79.9. The van der Waals surface area contributed by atoms with E-state index in [0.717, 1.165) is 10.0 Å². The van der Waals surface area contributed by atoms with Gasteiger partial charge in [0.05, 0.1) is 11.9 Å². The van der Waals surface area contributed by atoms with E-state index in [1.54, 1.807) is 12.1 Å². The fourth-order valence-corrected chi connectivity index (χ4v) is 1.74. The summed E-state index contributed by atoms with van der Waals surface area (Å²) in [5, 5.41) is 9.08. The van der Waals surface area contributed by atoms with Crippen LogP contribution >= 0.6 is 15.9 Å². The third kappa shape index (κ3) is 3.03. The van der Waals surface area contributed by atoms with Gasteiger partial charge in [-0.3, -0.25) is 0 Å². The first-order valence-electron chi connectivity index (χ1n) is 5.40. The van der Waals surface area contributed by atoms with Gasteiger partial charge in [-0.25, -0.2) is 9.78 Å². The zero-order valence-electron chi connectivity index (χ0n) is 10.1. The van der Waals surface area contributed by atoms with E-state index in [-0.39, 0.29) is 17.1 Å². The van der Waals surface area contributed by atoms with Crippen LogP contribution < -0.4 is 10.5 Å². The average Bonchev–Trinajstić information content (AvgIpc) is 2.36. The molecule has 1 heterocycles. The number of aromatic carboxylic acids is 1. The van der Waals surface area contributed by atoms with Crippen molar-refractivity contribution in [1.29, 1.82) is 0 Å². The largest absolute Gasteiger partial charge is 0.477 e. The molecule has 0 bridgehead atoms. The number of benzene rings is 1. The van der Waals surface area contributed by atoms with Crippen LogP contribution in [0.15, 0.2) is 34.9 Å². The van der Waals surface area contributed by atoms with Crippen LogP contribution in [0.5, 0.6) is 11.6 Å². The highest BCUT2D eigenvalue weighted by Crippen LogP contribution is 2.27. The molecule has 2 rings (SSSR count). The summed E-state index contributed by atoms with van der Waals surface area (Å²) in [6.07, 6.45) is 1.35. The molecule has 0 aliphatic rings. The maximum atomic E-state index is 11.1. The number of rotatable bonds is 3. The maximum absolute atomic E-state index is 11.1. The summed E-state index contributed by atoms with van der Waals surface area (Å²) >= 11 is 3.38. The number of aromatic nitrogens is 1. The predicted octanol–water partition coefficient (Wildman–Crippen LogP) is 3.23. The van der Waals surface area contributed by atoms with Gasteiger partial charge < -0.3 is 15.6 Å². The molecule has 0 saturated heterocycles. The predicted molar refractivity (Wildman–Crippen MR) is 74.6 cm³/mol. The van der Waals surface area contributed by atoms with Crippen LogP contribution in [0.4, 0.5) is 5.69 Å². The molecule has 19 heavy (non-hydrogen) atoms. The number of nitrogen functional groups attached to an aromatic ring is 1. The lowest BCUT2D eigenvalue weighted by atomic mass is 10.2. The lowest BCUT2D eigenvalue weighted by Crippen LogP contribution is -2.03. The zero-order chi connectivity index (χ0) is 14.0. The second-order valence-corrected chi connectivity index (χ2v) is 4.79. The number of anilines is 1. The number of aryl methyl sites for hydroxylation is 1. The van der Waals surface area contributed by atoms with Crippen LogP contribution in [0, 0.1) is 6.92 Å². The van der Waals surface area contributed by atoms with Gasteiger partial charge >= 0.3 is 5.97 Å². The fraction of sp³-hybridized carbons (Fsp3) is 0.0769. The molecule has 3 N–H and O–H groups in total. The number of carboxylic acid groups (broad SMARTS) is 1. The number of carbonyl (C=O) groups is 1. The van der Waals surface area contributed by atoms with Crippen LogP contribution in [0.3, 0.4) is 0 Å². The van der Waals surface area contributed by atoms with Crippen molar-refractivity contribution in [2.45, 2.75) is 6.92 Å². The molecular formula is C13H11BrN2O3. The number of ether oxygens (including phenoxy) is 1. The smallest absolute Gasteiger partial charge is 0.341 e. The maximum Gasteiger partial charge on any atom is 0.341 e. The van der Waals surface area contributed by atoms with Crippen LogP contribution in [0.2, 0.25) is 0 Å². The van der Waals surface area contributed by atoms with Gasteiger partial charge in [0, 0.05) is 4.47 Å². The first-order valence-corrected chi connectivity index (χ1v) is 6.19. The third-order valence-electron chi connectivity index (χ3n) is 2.45. The first kappa shape index (κ1) is 13.4. The molecule has 98 valence electrons. The number of nitrogens with zero attached hydrogens (tertiary/aromatic N) is 1. The summed E-state index contributed by atoms with van der Waals surface area (Å²) in [6, 6.07) is 6.65. The van der Waals surface area contributed by atoms with Gasteiger partial charge in [0.15, 0.2) is 0 Å². The number of pyridine rings is 1. The van der Waals surface area contributed by atoms with Gasteiger partial charge in [-0.2, -0.15) is 0 Å². The molecule has 0 unspecified atom stereocenters. The summed E-state index contributed by atoms with van der Waals surface area (Å²) < 4.78 is 6.44. The summed E-state index contributed by atoms with van der Waals surface area (Å²) in [5.74, 6) is -0.604. The normalized spacial score (nSPS) is 10.2. The highest BCUT2D eigenvalue weighted by Gasteiger charge is 2.14. The van der Waals surface area contributed by atoms with E-state index in [9.17, 15) is 4.79 Å². The molecule has 0 radical (unpaired) electrons. The number of hydrogen-bond donors (Lipinski definition) is 2. The van der Waals surface area contributed by atoms with Gasteiger partial charge in [-0.05, 0) is 36.8 Å². The lowest BCUT2D eigenvalue weighted by Gasteiger charge is -2.09. The van der Waals surface area contributed by atoms with E-state index >= 15 is 0 Å². The number of nitrogens with two attached hydrogens (primary N) is 1. The van der Waals surface area contributed by atoms with Gasteiger partial charge in [-0.15, -0.1) is 0 Å². The zero-order valence-corrected chi connectivity index (χ0v) is 11.6. The molecule has 0 atom stereocenters. The molecule has 0 amide bonds. The molecule has 0 aliphatic carbocycles. The number of carboxylic acids is 1. The summed E-state index contributed by atoms with van der Waals surface area (Å²) in [7, 11) is 0. The molecule has 6 heteroatoms. The summed E-state index contributed by atoms with van der Waals surface area (Å²) in [6.45, 7) is 1.91. The molecule has 0 saturated carbocycles. The van der Waals surface area contributed by atoms with Gasteiger partial charge in [0.2, 0.25) is 5.88 Å². The van der Waals surface area contributed by atoms with Crippen molar-refractivity contribution in [1.82, 2.24) is 4.98 Å². The van der Waals surface area contributed by atoms with Gasteiger partial charge in [0.25, 0.3) is 0 Å². The molecule has 0 spiro atoms. The van der Waals surface area contributed by atoms with Crippen LogP contribution in [0.1, 0.15) is 15.9 Å². The Hall–Kier alpha value is -2.08. The molecule has 1 aromatic heterocycles. The van der Waals surface area contributed by atoms with E-state index in [1.807, 2.05) is 13.0 Å². The molecule has 5 nitrogen and oxygen atoms in total. The van der Waals surface area contributed by atoms with Crippen molar-refractivity contribution in [3.63, 3.8) is 0 Å². The topological polar surface area (TPSA) is 85.4 Å². The van der Waals surface area contributed by atoms with Crippen molar-refractivity contribution in [3.8, 4) is 11.6 Å². The van der Waals surface area contributed by atoms with E-state index in [1.165, 1.54) is 12.3 Å². The van der Waals surface area contributed by atoms with E-state index in [2.05, 4.69) is 20.9 Å². The molecule has 2 aromatic rings. The van der Waals surface area contributed by atoms with Crippen LogP contribution in [-0.4, -0.2) is 16.1 Å². The Bertz CT molecular complexity index is 644. The minimum absolute atomic E-state index is 0.0171. The molecular weight excluding hydrogens is 312 g/mol. The van der Waals surface area contributed by atoms with Crippen molar-refractivity contribution in [2.24, 2.45) is 0 Å². The molecule has 0 aliphatic heterocycles. The van der Waals surface area contributed by atoms with Crippen molar-refractivity contribution in [2.75, 3.05) is 5.73 Å². The number of hydrogen-bond acceptors (Lipinski definition) is 4. The average molecular weight is 323 g/mol. The number of halogens is 1. The Kier molecular flexibility index (Phi) is 3.71. The van der Waals surface area contributed by atoms with Crippen molar-refractivity contribution in [3.05, 3.63) is 46.1 Å². The standard InChI is InChI=1S/C13H11BrN2O3/c1-7-4-9(2-3-11(7)14)19-12-10(13(17)18)5-8(15)6-16-12/h2-6H,15H2,1H3,(H,17,18). The third-order valence-corrected chi connectivity index (χ3v) is 3.34. The summed E-state index contributed by atoms with van der Waals surface area (Å²) in [4.78, 5) is 15.0. The Morgan fingerprint density at radius 3 is 2.79 bits per heavy atom. The molecule has 0 fully saturated rings. The monoisotopic (exact) mass is 322 g/mol. The Balaban J connectivity index is 2.37.